The highest BCUT2D eigenvalue weighted by molar-refractivity contribution is 6.11. The van der Waals surface area contributed by atoms with Crippen LogP contribution in [0.3, 0.4) is 0 Å². The third kappa shape index (κ3) is 2.81. The van der Waals surface area contributed by atoms with E-state index in [0.29, 0.717) is 23.2 Å². The second kappa shape index (κ2) is 6.03. The van der Waals surface area contributed by atoms with Crippen molar-refractivity contribution in [1.82, 2.24) is 4.57 Å². The normalized spacial score (nSPS) is 17.4. The van der Waals surface area contributed by atoms with Gasteiger partial charge in [0, 0.05) is 29.6 Å². The molecule has 1 aliphatic rings. The average Bonchev–Trinajstić information content (AvgIpc) is 2.68. The number of nitrogens with zero attached hydrogens (tertiary/aromatic N) is 1. The Morgan fingerprint density at radius 3 is 2.70 bits per heavy atom. The fourth-order valence-electron chi connectivity index (χ4n) is 3.51. The van der Waals surface area contributed by atoms with Crippen LogP contribution in [0.2, 0.25) is 0 Å². The van der Waals surface area contributed by atoms with Crippen molar-refractivity contribution in [2.24, 2.45) is 0 Å². The highest BCUT2D eigenvalue weighted by Gasteiger charge is 2.32. The first kappa shape index (κ1) is 15.5. The van der Waals surface area contributed by atoms with Crippen molar-refractivity contribution >= 4 is 11.8 Å². The summed E-state index contributed by atoms with van der Waals surface area (Å²) >= 11 is 0. The van der Waals surface area contributed by atoms with Crippen molar-refractivity contribution in [2.45, 2.75) is 45.6 Å². The summed E-state index contributed by atoms with van der Waals surface area (Å²) in [6, 6.07) is 7.47. The molecule has 4 heteroatoms. The SMILES string of the molecule is Cc1cccc(C(=O)c2c(C)cn3c2C(C(=O)O)CCCC3)c1. The van der Waals surface area contributed by atoms with Gasteiger partial charge in [0.05, 0.1) is 5.92 Å². The van der Waals surface area contributed by atoms with E-state index in [1.807, 2.05) is 42.8 Å². The Morgan fingerprint density at radius 1 is 1.22 bits per heavy atom. The van der Waals surface area contributed by atoms with Crippen molar-refractivity contribution in [3.63, 3.8) is 0 Å². The molecule has 2 heterocycles. The lowest BCUT2D eigenvalue weighted by Gasteiger charge is -2.14. The lowest BCUT2D eigenvalue weighted by atomic mass is 9.91. The fourth-order valence-corrected chi connectivity index (χ4v) is 3.51. The molecule has 2 aromatic rings. The molecule has 0 amide bonds. The summed E-state index contributed by atoms with van der Waals surface area (Å²) in [5.41, 5.74) is 3.76. The number of carboxylic acid groups (broad SMARTS) is 1. The Kier molecular flexibility index (Phi) is 4.07. The van der Waals surface area contributed by atoms with Crippen molar-refractivity contribution in [1.29, 1.82) is 0 Å². The standard InChI is InChI=1S/C19H21NO3/c1-12-6-5-7-14(10-12)18(21)16-13(2)11-20-9-4-3-8-15(17(16)20)19(22)23/h5-7,10-11,15H,3-4,8-9H2,1-2H3,(H,22,23). The van der Waals surface area contributed by atoms with Crippen molar-refractivity contribution in [3.05, 3.63) is 58.4 Å². The number of fused-ring (bicyclic) bond motifs is 1. The zero-order chi connectivity index (χ0) is 16.6. The van der Waals surface area contributed by atoms with Crippen molar-refractivity contribution < 1.29 is 14.7 Å². The Balaban J connectivity index is 2.15. The highest BCUT2D eigenvalue weighted by atomic mass is 16.4. The molecule has 1 aromatic heterocycles. The number of aromatic nitrogens is 1. The number of rotatable bonds is 3. The molecule has 23 heavy (non-hydrogen) atoms. The number of carbonyl (C=O) groups is 2. The lowest BCUT2D eigenvalue weighted by Crippen LogP contribution is -2.18. The number of hydrogen-bond donors (Lipinski definition) is 1. The van der Waals surface area contributed by atoms with Crippen molar-refractivity contribution in [2.75, 3.05) is 0 Å². The summed E-state index contributed by atoms with van der Waals surface area (Å²) < 4.78 is 1.98. The lowest BCUT2D eigenvalue weighted by molar-refractivity contribution is -0.139. The van der Waals surface area contributed by atoms with E-state index in [9.17, 15) is 14.7 Å². The van der Waals surface area contributed by atoms with Crippen LogP contribution in [0.4, 0.5) is 0 Å². The van der Waals surface area contributed by atoms with Crippen molar-refractivity contribution in [3.8, 4) is 0 Å². The van der Waals surface area contributed by atoms with E-state index in [1.165, 1.54) is 0 Å². The molecule has 1 unspecified atom stereocenters. The first-order valence-electron chi connectivity index (χ1n) is 8.03. The monoisotopic (exact) mass is 311 g/mol. The topological polar surface area (TPSA) is 59.3 Å². The zero-order valence-electron chi connectivity index (χ0n) is 13.5. The molecule has 1 aromatic carbocycles. The molecule has 1 N–H and O–H groups in total. The number of carbonyl (C=O) groups excluding carboxylic acids is 1. The molecule has 4 nitrogen and oxygen atoms in total. The number of carboxylic acids is 1. The average molecular weight is 311 g/mol. The minimum Gasteiger partial charge on any atom is -0.481 e. The molecule has 0 bridgehead atoms. The minimum atomic E-state index is -0.843. The molecular weight excluding hydrogens is 290 g/mol. The summed E-state index contributed by atoms with van der Waals surface area (Å²) in [5, 5.41) is 9.62. The van der Waals surface area contributed by atoms with Gasteiger partial charge in [0.15, 0.2) is 5.78 Å². The van der Waals surface area contributed by atoms with E-state index < -0.39 is 11.9 Å². The molecule has 0 radical (unpaired) electrons. The number of hydrogen-bond acceptors (Lipinski definition) is 2. The molecule has 0 saturated carbocycles. The van der Waals surface area contributed by atoms with Crippen LogP contribution < -0.4 is 0 Å². The molecule has 0 spiro atoms. The van der Waals surface area contributed by atoms with Gasteiger partial charge in [-0.25, -0.2) is 0 Å². The second-order valence-electron chi connectivity index (χ2n) is 6.35. The van der Waals surface area contributed by atoms with Gasteiger partial charge in [0.1, 0.15) is 0 Å². The Bertz CT molecular complexity index is 773. The van der Waals surface area contributed by atoms with Crippen LogP contribution in [0, 0.1) is 13.8 Å². The summed E-state index contributed by atoms with van der Waals surface area (Å²) in [5.74, 6) is -1.52. The van der Waals surface area contributed by atoms with Crippen LogP contribution >= 0.6 is 0 Å². The third-order valence-corrected chi connectivity index (χ3v) is 4.59. The van der Waals surface area contributed by atoms with E-state index in [2.05, 4.69) is 0 Å². The molecule has 1 aliphatic heterocycles. The number of aliphatic carboxylic acids is 1. The highest BCUT2D eigenvalue weighted by Crippen LogP contribution is 2.33. The van der Waals surface area contributed by atoms with Crippen LogP contribution in [0.15, 0.2) is 30.5 Å². The molecular formula is C19H21NO3. The maximum Gasteiger partial charge on any atom is 0.312 e. The maximum atomic E-state index is 13.0. The smallest absolute Gasteiger partial charge is 0.312 e. The van der Waals surface area contributed by atoms with Gasteiger partial charge in [-0.15, -0.1) is 0 Å². The van der Waals surface area contributed by atoms with Crippen LogP contribution in [-0.4, -0.2) is 21.4 Å². The second-order valence-corrected chi connectivity index (χ2v) is 6.35. The molecule has 3 rings (SSSR count). The number of aryl methyl sites for hydroxylation is 3. The van der Waals surface area contributed by atoms with Gasteiger partial charge in [-0.3, -0.25) is 9.59 Å². The van der Waals surface area contributed by atoms with Gasteiger partial charge in [-0.2, -0.15) is 0 Å². The summed E-state index contributed by atoms with van der Waals surface area (Å²) in [7, 11) is 0. The van der Waals surface area contributed by atoms with Gasteiger partial charge in [0.25, 0.3) is 0 Å². The molecule has 0 aliphatic carbocycles. The number of benzene rings is 1. The van der Waals surface area contributed by atoms with Gasteiger partial charge in [-0.1, -0.05) is 30.2 Å². The zero-order valence-corrected chi connectivity index (χ0v) is 13.5. The van der Waals surface area contributed by atoms with E-state index in [1.54, 1.807) is 6.07 Å². The van der Waals surface area contributed by atoms with Gasteiger partial charge in [0.2, 0.25) is 0 Å². The van der Waals surface area contributed by atoms with Crippen LogP contribution in [0.1, 0.15) is 57.9 Å². The third-order valence-electron chi connectivity index (χ3n) is 4.59. The molecule has 120 valence electrons. The van der Waals surface area contributed by atoms with E-state index in [0.717, 1.165) is 30.5 Å². The van der Waals surface area contributed by atoms with Crippen LogP contribution in [0.5, 0.6) is 0 Å². The van der Waals surface area contributed by atoms with Gasteiger partial charge >= 0.3 is 5.97 Å². The predicted molar refractivity (Wildman–Crippen MR) is 88.0 cm³/mol. The Labute approximate surface area is 135 Å². The number of ketones is 1. The van der Waals surface area contributed by atoms with Gasteiger partial charge in [-0.05, 0) is 38.3 Å². The predicted octanol–water partition coefficient (Wildman–Crippen LogP) is 3.69. The maximum absolute atomic E-state index is 13.0. The first-order valence-corrected chi connectivity index (χ1v) is 8.03. The van der Waals surface area contributed by atoms with E-state index in [-0.39, 0.29) is 5.78 Å². The summed E-state index contributed by atoms with van der Waals surface area (Å²) in [6.45, 7) is 4.62. The van der Waals surface area contributed by atoms with Gasteiger partial charge < -0.3 is 9.67 Å². The van der Waals surface area contributed by atoms with E-state index in [4.69, 9.17) is 0 Å². The summed E-state index contributed by atoms with van der Waals surface area (Å²) in [4.78, 5) is 24.7. The minimum absolute atomic E-state index is 0.0758. The largest absolute Gasteiger partial charge is 0.481 e. The molecule has 0 saturated heterocycles. The van der Waals surface area contributed by atoms with Crippen LogP contribution in [0.25, 0.3) is 0 Å². The fraction of sp³-hybridized carbons (Fsp3) is 0.368. The van der Waals surface area contributed by atoms with E-state index >= 15 is 0 Å². The Morgan fingerprint density at radius 2 is 2.00 bits per heavy atom. The molecule has 0 fully saturated rings. The summed E-state index contributed by atoms with van der Waals surface area (Å²) in [6.07, 6.45) is 4.34. The van der Waals surface area contributed by atoms with Crippen LogP contribution in [-0.2, 0) is 11.3 Å². The first-order chi connectivity index (χ1) is 11.0. The Hall–Kier alpha value is -2.36. The quantitative estimate of drug-likeness (QED) is 0.880. The molecule has 1 atom stereocenters.